The lowest BCUT2D eigenvalue weighted by Crippen LogP contribution is -2.54. The standard InChI is InChI=1S/C17H18FN3O4/c1-10(2)14(19-16(23)13-8-5-9-25-13)17(24)21-20-15(22)11-6-3-4-7-12(11)18/h3-10,14H,1-2H3,(H,19,23)(H,20,22)(H,21,24)/t14-/m0/s1. The van der Waals surface area contributed by atoms with Crippen molar-refractivity contribution in [1.29, 1.82) is 0 Å². The van der Waals surface area contributed by atoms with Gasteiger partial charge in [-0.1, -0.05) is 26.0 Å². The van der Waals surface area contributed by atoms with Crippen LogP contribution in [0.4, 0.5) is 4.39 Å². The van der Waals surface area contributed by atoms with Crippen molar-refractivity contribution in [2.75, 3.05) is 0 Å². The molecule has 0 radical (unpaired) electrons. The third-order valence-corrected chi connectivity index (χ3v) is 3.40. The monoisotopic (exact) mass is 347 g/mol. The molecule has 7 nitrogen and oxygen atoms in total. The van der Waals surface area contributed by atoms with Gasteiger partial charge in [-0.25, -0.2) is 4.39 Å². The zero-order valence-corrected chi connectivity index (χ0v) is 13.7. The third-order valence-electron chi connectivity index (χ3n) is 3.40. The first-order valence-electron chi connectivity index (χ1n) is 7.59. The first kappa shape index (κ1) is 18.2. The van der Waals surface area contributed by atoms with E-state index in [4.69, 9.17) is 4.42 Å². The molecule has 132 valence electrons. The van der Waals surface area contributed by atoms with E-state index in [0.717, 1.165) is 6.07 Å². The second-order valence-corrected chi connectivity index (χ2v) is 5.60. The molecule has 0 bridgehead atoms. The topological polar surface area (TPSA) is 100 Å². The van der Waals surface area contributed by atoms with Gasteiger partial charge >= 0.3 is 0 Å². The number of carbonyl (C=O) groups is 3. The van der Waals surface area contributed by atoms with Crippen molar-refractivity contribution in [1.82, 2.24) is 16.2 Å². The number of hydrogen-bond acceptors (Lipinski definition) is 4. The number of rotatable bonds is 5. The summed E-state index contributed by atoms with van der Waals surface area (Å²) in [6, 6.07) is 7.47. The van der Waals surface area contributed by atoms with Gasteiger partial charge in [0.1, 0.15) is 11.9 Å². The molecular formula is C17H18FN3O4. The third kappa shape index (κ3) is 4.66. The van der Waals surface area contributed by atoms with Crippen LogP contribution < -0.4 is 16.2 Å². The second-order valence-electron chi connectivity index (χ2n) is 5.60. The van der Waals surface area contributed by atoms with Gasteiger partial charge in [0.2, 0.25) is 0 Å². The molecule has 0 aliphatic rings. The van der Waals surface area contributed by atoms with E-state index in [2.05, 4.69) is 16.2 Å². The lowest BCUT2D eigenvalue weighted by atomic mass is 10.0. The first-order chi connectivity index (χ1) is 11.9. The maximum absolute atomic E-state index is 13.5. The Morgan fingerprint density at radius 1 is 1.00 bits per heavy atom. The Hall–Kier alpha value is -3.16. The van der Waals surface area contributed by atoms with E-state index in [1.807, 2.05) is 0 Å². The van der Waals surface area contributed by atoms with Crippen LogP contribution in [0.2, 0.25) is 0 Å². The summed E-state index contributed by atoms with van der Waals surface area (Å²) in [5.41, 5.74) is 4.11. The van der Waals surface area contributed by atoms with Crippen molar-refractivity contribution in [3.8, 4) is 0 Å². The van der Waals surface area contributed by atoms with Gasteiger partial charge in [-0.05, 0) is 30.2 Å². The summed E-state index contributed by atoms with van der Waals surface area (Å²) in [6.07, 6.45) is 1.34. The maximum atomic E-state index is 13.5. The summed E-state index contributed by atoms with van der Waals surface area (Å²) in [6.45, 7) is 3.46. The fraction of sp³-hybridized carbons (Fsp3) is 0.235. The minimum Gasteiger partial charge on any atom is -0.459 e. The van der Waals surface area contributed by atoms with Crippen LogP contribution >= 0.6 is 0 Å². The van der Waals surface area contributed by atoms with Gasteiger partial charge in [0.15, 0.2) is 5.76 Å². The van der Waals surface area contributed by atoms with E-state index >= 15 is 0 Å². The molecule has 1 atom stereocenters. The van der Waals surface area contributed by atoms with Crippen LogP contribution in [0.25, 0.3) is 0 Å². The minimum absolute atomic E-state index is 0.0637. The van der Waals surface area contributed by atoms with Crippen molar-refractivity contribution in [3.63, 3.8) is 0 Å². The van der Waals surface area contributed by atoms with Gasteiger partial charge in [-0.2, -0.15) is 0 Å². The highest BCUT2D eigenvalue weighted by Gasteiger charge is 2.26. The Kier molecular flexibility index (Phi) is 5.89. The van der Waals surface area contributed by atoms with Gasteiger partial charge in [-0.15, -0.1) is 0 Å². The molecule has 3 N–H and O–H groups in total. The van der Waals surface area contributed by atoms with Crippen molar-refractivity contribution >= 4 is 17.7 Å². The second kappa shape index (κ2) is 8.09. The van der Waals surface area contributed by atoms with Gasteiger partial charge in [0.05, 0.1) is 11.8 Å². The van der Waals surface area contributed by atoms with E-state index in [-0.39, 0.29) is 17.2 Å². The summed E-state index contributed by atoms with van der Waals surface area (Å²) in [4.78, 5) is 36.2. The van der Waals surface area contributed by atoms with Crippen LogP contribution in [-0.4, -0.2) is 23.8 Å². The van der Waals surface area contributed by atoms with E-state index in [9.17, 15) is 18.8 Å². The molecule has 1 aromatic carbocycles. The largest absolute Gasteiger partial charge is 0.459 e. The number of benzene rings is 1. The van der Waals surface area contributed by atoms with Gasteiger partial charge in [0.25, 0.3) is 17.7 Å². The Balaban J connectivity index is 1.97. The first-order valence-corrected chi connectivity index (χ1v) is 7.59. The minimum atomic E-state index is -0.918. The molecule has 2 rings (SSSR count). The number of hydrazine groups is 1. The molecule has 1 heterocycles. The van der Waals surface area contributed by atoms with E-state index in [1.54, 1.807) is 19.9 Å². The predicted molar refractivity (Wildman–Crippen MR) is 86.8 cm³/mol. The molecule has 25 heavy (non-hydrogen) atoms. The van der Waals surface area contributed by atoms with Crippen molar-refractivity contribution < 1.29 is 23.2 Å². The fourth-order valence-electron chi connectivity index (χ4n) is 2.06. The van der Waals surface area contributed by atoms with Crippen molar-refractivity contribution in [3.05, 3.63) is 59.8 Å². The van der Waals surface area contributed by atoms with Crippen LogP contribution in [0, 0.1) is 11.7 Å². The molecule has 1 aromatic heterocycles. The summed E-state index contributed by atoms with van der Waals surface area (Å²) in [7, 11) is 0. The molecule has 8 heteroatoms. The fourth-order valence-corrected chi connectivity index (χ4v) is 2.06. The van der Waals surface area contributed by atoms with Gasteiger partial charge < -0.3 is 9.73 Å². The smallest absolute Gasteiger partial charge is 0.287 e. The molecular weight excluding hydrogens is 329 g/mol. The van der Waals surface area contributed by atoms with E-state index < -0.39 is 29.6 Å². The number of carbonyl (C=O) groups excluding carboxylic acids is 3. The summed E-state index contributed by atoms with van der Waals surface area (Å²) < 4.78 is 18.5. The number of furan rings is 1. The number of nitrogens with one attached hydrogen (secondary N) is 3. The zero-order valence-electron chi connectivity index (χ0n) is 13.7. The quantitative estimate of drug-likeness (QED) is 0.716. The highest BCUT2D eigenvalue weighted by atomic mass is 19.1. The number of halogens is 1. The lowest BCUT2D eigenvalue weighted by molar-refractivity contribution is -0.124. The van der Waals surface area contributed by atoms with Crippen LogP contribution in [0.3, 0.4) is 0 Å². The molecule has 0 saturated heterocycles. The highest BCUT2D eigenvalue weighted by Crippen LogP contribution is 2.07. The van der Waals surface area contributed by atoms with Gasteiger partial charge in [-0.3, -0.25) is 25.2 Å². The summed E-state index contributed by atoms with van der Waals surface area (Å²) >= 11 is 0. The average Bonchev–Trinajstić information content (AvgIpc) is 3.12. The van der Waals surface area contributed by atoms with E-state index in [1.165, 1.54) is 30.5 Å². The van der Waals surface area contributed by atoms with Crippen LogP contribution in [0.15, 0.2) is 47.1 Å². The number of hydrogen-bond donors (Lipinski definition) is 3. The van der Waals surface area contributed by atoms with Crippen molar-refractivity contribution in [2.24, 2.45) is 5.92 Å². The normalized spacial score (nSPS) is 11.7. The van der Waals surface area contributed by atoms with Crippen molar-refractivity contribution in [2.45, 2.75) is 19.9 Å². The van der Waals surface area contributed by atoms with Crippen LogP contribution in [-0.2, 0) is 4.79 Å². The molecule has 0 unspecified atom stereocenters. The Labute approximate surface area is 143 Å². The zero-order chi connectivity index (χ0) is 18.4. The Morgan fingerprint density at radius 3 is 2.32 bits per heavy atom. The predicted octanol–water partition coefficient (Wildman–Crippen LogP) is 1.63. The lowest BCUT2D eigenvalue weighted by Gasteiger charge is -2.21. The molecule has 0 saturated carbocycles. The van der Waals surface area contributed by atoms with Gasteiger partial charge in [0, 0.05) is 0 Å². The van der Waals surface area contributed by atoms with Crippen LogP contribution in [0.1, 0.15) is 34.8 Å². The molecule has 0 spiro atoms. The van der Waals surface area contributed by atoms with E-state index in [0.29, 0.717) is 0 Å². The Bertz CT molecular complexity index is 759. The SMILES string of the molecule is CC(C)[C@H](NC(=O)c1ccco1)C(=O)NNC(=O)c1ccccc1F. The molecule has 0 fully saturated rings. The average molecular weight is 347 g/mol. The molecule has 2 aromatic rings. The molecule has 0 aliphatic carbocycles. The molecule has 3 amide bonds. The number of amides is 3. The van der Waals surface area contributed by atoms with Crippen LogP contribution in [0.5, 0.6) is 0 Å². The molecule has 0 aliphatic heterocycles. The summed E-state index contributed by atoms with van der Waals surface area (Å²) in [5.74, 6) is -2.90. The summed E-state index contributed by atoms with van der Waals surface area (Å²) in [5, 5.41) is 2.52. The highest BCUT2D eigenvalue weighted by molar-refractivity contribution is 5.98. The maximum Gasteiger partial charge on any atom is 0.287 e. The Morgan fingerprint density at radius 2 is 1.72 bits per heavy atom.